The molecule has 1 saturated heterocycles. The Labute approximate surface area is 60.6 Å². The van der Waals surface area contributed by atoms with Crippen LogP contribution in [0, 0.1) is 0 Å². The normalized spacial score (nSPS) is 19.2. The summed E-state index contributed by atoms with van der Waals surface area (Å²) in [4.78, 5) is 10.6. The second-order valence-electron chi connectivity index (χ2n) is 2.04. The van der Waals surface area contributed by atoms with Gasteiger partial charge in [-0.05, 0) is 12.8 Å². The van der Waals surface area contributed by atoms with Gasteiger partial charge in [0.1, 0.15) is 0 Å². The Bertz CT molecular complexity index is 107. The average molecular weight is 151 g/mol. The van der Waals surface area contributed by atoms with Gasteiger partial charge >= 0.3 is 0 Å². The van der Waals surface area contributed by atoms with Crippen LogP contribution in [0.3, 0.4) is 0 Å². The van der Waals surface area contributed by atoms with Gasteiger partial charge in [-0.1, -0.05) is 0 Å². The Hall–Kier alpha value is -0.280. The fourth-order valence-corrected chi connectivity index (χ4v) is 0.827. The van der Waals surface area contributed by atoms with Crippen LogP contribution in [0.1, 0.15) is 19.3 Å². The van der Waals surface area contributed by atoms with Gasteiger partial charge in [0, 0.05) is 13.0 Å². The predicted octanol–water partition coefficient (Wildman–Crippen LogP) is 0.294. The summed E-state index contributed by atoms with van der Waals surface area (Å²) in [6.45, 7) is 0.735. The van der Waals surface area contributed by atoms with E-state index in [1.165, 1.54) is 5.01 Å². The summed E-state index contributed by atoms with van der Waals surface area (Å²) in [6, 6.07) is 0. The highest BCUT2D eigenvalue weighted by Crippen LogP contribution is 2.05. The smallest absolute Gasteiger partial charge is 0.236 e. The first-order valence-corrected chi connectivity index (χ1v) is 2.86. The summed E-state index contributed by atoms with van der Waals surface area (Å²) in [5.74, 6) is 5.34. The fourth-order valence-electron chi connectivity index (χ4n) is 0.827. The molecule has 0 aromatic carbocycles. The van der Waals surface area contributed by atoms with Crippen molar-refractivity contribution < 1.29 is 4.79 Å². The molecular weight excluding hydrogens is 140 g/mol. The number of rotatable bonds is 0. The van der Waals surface area contributed by atoms with Gasteiger partial charge in [0.15, 0.2) is 0 Å². The molecule has 0 bridgehead atoms. The number of amides is 1. The molecule has 1 aliphatic rings. The van der Waals surface area contributed by atoms with E-state index in [-0.39, 0.29) is 18.3 Å². The molecule has 0 aliphatic carbocycles. The van der Waals surface area contributed by atoms with E-state index in [1.807, 2.05) is 0 Å². The standard InChI is InChI=1S/C5H10N2O.ClH/c6-7-4-2-1-3-5(7)8;/h1-4,6H2;1H. The van der Waals surface area contributed by atoms with Crippen LogP contribution in [-0.4, -0.2) is 17.5 Å². The topological polar surface area (TPSA) is 46.3 Å². The highest BCUT2D eigenvalue weighted by Gasteiger charge is 2.12. The Morgan fingerprint density at radius 1 is 1.44 bits per heavy atom. The lowest BCUT2D eigenvalue weighted by Crippen LogP contribution is -2.40. The van der Waals surface area contributed by atoms with E-state index in [9.17, 15) is 4.79 Å². The zero-order chi connectivity index (χ0) is 5.98. The molecule has 0 unspecified atom stereocenters. The van der Waals surface area contributed by atoms with Crippen molar-refractivity contribution >= 4 is 18.3 Å². The third kappa shape index (κ3) is 2.20. The largest absolute Gasteiger partial charge is 0.281 e. The van der Waals surface area contributed by atoms with Crippen LogP contribution in [0.2, 0.25) is 0 Å². The lowest BCUT2D eigenvalue weighted by atomic mass is 10.1. The molecule has 0 aromatic heterocycles. The van der Waals surface area contributed by atoms with Crippen molar-refractivity contribution in [2.45, 2.75) is 19.3 Å². The quantitative estimate of drug-likeness (QED) is 0.399. The SMILES string of the molecule is Cl.NN1CCCCC1=O. The number of hydrogen-bond acceptors (Lipinski definition) is 2. The average Bonchev–Trinajstić information content (AvgIpc) is 1.77. The molecule has 2 N–H and O–H groups in total. The molecule has 1 rings (SSSR count). The zero-order valence-electron chi connectivity index (χ0n) is 5.17. The first kappa shape index (κ1) is 8.72. The van der Waals surface area contributed by atoms with E-state index in [4.69, 9.17) is 5.84 Å². The molecule has 0 aromatic rings. The number of piperidine rings is 1. The summed E-state index contributed by atoms with van der Waals surface area (Å²) < 4.78 is 0. The highest BCUT2D eigenvalue weighted by molar-refractivity contribution is 5.85. The van der Waals surface area contributed by atoms with Crippen molar-refractivity contribution in [2.75, 3.05) is 6.54 Å². The minimum atomic E-state index is 0. The number of nitrogens with zero attached hydrogens (tertiary/aromatic N) is 1. The van der Waals surface area contributed by atoms with Gasteiger partial charge in [-0.15, -0.1) is 12.4 Å². The van der Waals surface area contributed by atoms with Crippen LogP contribution in [0.5, 0.6) is 0 Å². The molecule has 4 heteroatoms. The number of carbonyl (C=O) groups excluding carboxylic acids is 1. The predicted molar refractivity (Wildman–Crippen MR) is 37.0 cm³/mol. The molecule has 9 heavy (non-hydrogen) atoms. The first-order chi connectivity index (χ1) is 3.80. The molecule has 1 heterocycles. The Balaban J connectivity index is 0.000000640. The van der Waals surface area contributed by atoms with E-state index >= 15 is 0 Å². The summed E-state index contributed by atoms with van der Waals surface area (Å²) in [5, 5.41) is 1.30. The summed E-state index contributed by atoms with van der Waals surface area (Å²) in [6.07, 6.45) is 2.70. The van der Waals surface area contributed by atoms with Gasteiger partial charge in [-0.3, -0.25) is 9.80 Å². The van der Waals surface area contributed by atoms with Crippen LogP contribution in [-0.2, 0) is 4.79 Å². The lowest BCUT2D eigenvalue weighted by molar-refractivity contribution is -0.133. The van der Waals surface area contributed by atoms with Crippen LogP contribution in [0.25, 0.3) is 0 Å². The maximum atomic E-state index is 10.6. The van der Waals surface area contributed by atoms with Gasteiger partial charge in [-0.2, -0.15) is 0 Å². The monoisotopic (exact) mass is 150 g/mol. The van der Waals surface area contributed by atoms with E-state index in [0.29, 0.717) is 6.42 Å². The van der Waals surface area contributed by atoms with Crippen LogP contribution >= 0.6 is 12.4 Å². The number of hydrogen-bond donors (Lipinski definition) is 1. The van der Waals surface area contributed by atoms with Crippen molar-refractivity contribution in [2.24, 2.45) is 5.84 Å². The summed E-state index contributed by atoms with van der Waals surface area (Å²) in [5.41, 5.74) is 0. The second kappa shape index (κ2) is 3.69. The Morgan fingerprint density at radius 2 is 2.11 bits per heavy atom. The van der Waals surface area contributed by atoms with Crippen molar-refractivity contribution in [3.8, 4) is 0 Å². The first-order valence-electron chi connectivity index (χ1n) is 2.86. The van der Waals surface area contributed by atoms with Crippen LogP contribution in [0.4, 0.5) is 0 Å². The Kier molecular flexibility index (Phi) is 3.58. The van der Waals surface area contributed by atoms with E-state index in [1.54, 1.807) is 0 Å². The molecule has 1 amide bonds. The molecule has 1 aliphatic heterocycles. The van der Waals surface area contributed by atoms with E-state index in [0.717, 1.165) is 19.4 Å². The fraction of sp³-hybridized carbons (Fsp3) is 0.800. The summed E-state index contributed by atoms with van der Waals surface area (Å²) >= 11 is 0. The third-order valence-corrected chi connectivity index (χ3v) is 1.36. The van der Waals surface area contributed by atoms with Crippen molar-refractivity contribution in [3.05, 3.63) is 0 Å². The van der Waals surface area contributed by atoms with E-state index in [2.05, 4.69) is 0 Å². The van der Waals surface area contributed by atoms with Crippen molar-refractivity contribution in [1.82, 2.24) is 5.01 Å². The number of hydrazine groups is 1. The molecule has 0 saturated carbocycles. The highest BCUT2D eigenvalue weighted by atomic mass is 35.5. The van der Waals surface area contributed by atoms with Gasteiger partial charge in [0.25, 0.3) is 0 Å². The van der Waals surface area contributed by atoms with Gasteiger partial charge in [0.05, 0.1) is 0 Å². The number of carbonyl (C=O) groups is 1. The van der Waals surface area contributed by atoms with Crippen LogP contribution < -0.4 is 5.84 Å². The lowest BCUT2D eigenvalue weighted by Gasteiger charge is -2.20. The molecule has 54 valence electrons. The minimum Gasteiger partial charge on any atom is -0.281 e. The number of nitrogens with two attached hydrogens (primary N) is 1. The van der Waals surface area contributed by atoms with Gasteiger partial charge < -0.3 is 0 Å². The number of halogens is 1. The Morgan fingerprint density at radius 3 is 2.44 bits per heavy atom. The molecule has 0 radical (unpaired) electrons. The van der Waals surface area contributed by atoms with Gasteiger partial charge in [-0.25, -0.2) is 5.84 Å². The summed E-state index contributed by atoms with van der Waals surface area (Å²) in [7, 11) is 0. The second-order valence-corrected chi connectivity index (χ2v) is 2.04. The molecule has 1 fully saturated rings. The molecule has 0 spiro atoms. The van der Waals surface area contributed by atoms with Gasteiger partial charge in [0.2, 0.25) is 5.91 Å². The van der Waals surface area contributed by atoms with Crippen LogP contribution in [0.15, 0.2) is 0 Å². The maximum Gasteiger partial charge on any atom is 0.236 e. The van der Waals surface area contributed by atoms with Crippen molar-refractivity contribution in [3.63, 3.8) is 0 Å². The molecule has 0 atom stereocenters. The van der Waals surface area contributed by atoms with Crippen molar-refractivity contribution in [1.29, 1.82) is 0 Å². The zero-order valence-corrected chi connectivity index (χ0v) is 5.99. The third-order valence-electron chi connectivity index (χ3n) is 1.36. The molecular formula is C5H11ClN2O. The minimum absolute atomic E-state index is 0. The molecule has 3 nitrogen and oxygen atoms in total. The van der Waals surface area contributed by atoms with E-state index < -0.39 is 0 Å². The maximum absolute atomic E-state index is 10.6.